The number of ether oxygens (including phenoxy) is 2. The van der Waals surface area contributed by atoms with Gasteiger partial charge in [-0.25, -0.2) is 0 Å². The summed E-state index contributed by atoms with van der Waals surface area (Å²) in [4.78, 5) is 0. The topological polar surface area (TPSA) is 38.7 Å². The van der Waals surface area contributed by atoms with Gasteiger partial charge in [0.2, 0.25) is 0 Å². The van der Waals surface area contributed by atoms with E-state index in [0.717, 1.165) is 45.1 Å². The fourth-order valence-electron chi connectivity index (χ4n) is 1.94. The molecule has 1 heterocycles. The second-order valence-corrected chi connectivity index (χ2v) is 4.50. The van der Waals surface area contributed by atoms with Crippen LogP contribution in [0.4, 0.5) is 0 Å². The molecule has 1 rings (SSSR count). The van der Waals surface area contributed by atoms with Gasteiger partial charge in [0.05, 0.1) is 6.10 Å². The molecule has 4 heteroatoms. The zero-order chi connectivity index (χ0) is 12.3. The van der Waals surface area contributed by atoms with Gasteiger partial charge in [0.1, 0.15) is 6.61 Å². The van der Waals surface area contributed by atoms with Gasteiger partial charge in [-0.15, -0.1) is 5.92 Å². The molecule has 0 aliphatic carbocycles. The predicted molar refractivity (Wildman–Crippen MR) is 74.6 cm³/mol. The Morgan fingerprint density at radius 3 is 2.83 bits per heavy atom. The zero-order valence-corrected chi connectivity index (χ0v) is 10.8. The number of hydrogen-bond acceptors (Lipinski definition) is 3. The van der Waals surface area contributed by atoms with Crippen molar-refractivity contribution in [3.63, 3.8) is 0 Å². The van der Waals surface area contributed by atoms with Crippen LogP contribution < -0.4 is 0 Å². The van der Waals surface area contributed by atoms with Crippen molar-refractivity contribution in [1.82, 2.24) is 0 Å². The summed E-state index contributed by atoms with van der Waals surface area (Å²) in [5.74, 6) is 5.58. The van der Waals surface area contributed by atoms with Crippen molar-refractivity contribution in [2.45, 2.75) is 64.3 Å². The fourth-order valence-corrected chi connectivity index (χ4v) is 1.94. The van der Waals surface area contributed by atoms with Gasteiger partial charge < -0.3 is 14.6 Å². The average molecular weight is 248 g/mol. The summed E-state index contributed by atoms with van der Waals surface area (Å²) >= 11 is 0. The Morgan fingerprint density at radius 1 is 1.33 bits per heavy atom. The summed E-state index contributed by atoms with van der Waals surface area (Å²) in [6.07, 6.45) is 7.82. The van der Waals surface area contributed by atoms with Crippen molar-refractivity contribution in [2.75, 3.05) is 13.2 Å². The van der Waals surface area contributed by atoms with E-state index < -0.39 is 0 Å². The molecule has 0 amide bonds. The Morgan fingerprint density at radius 2 is 2.17 bits per heavy atom. The van der Waals surface area contributed by atoms with E-state index in [2.05, 4.69) is 18.8 Å². The van der Waals surface area contributed by atoms with Crippen LogP contribution in [0.1, 0.15) is 51.9 Å². The van der Waals surface area contributed by atoms with Gasteiger partial charge in [0, 0.05) is 13.0 Å². The monoisotopic (exact) mass is 248 g/mol. The fraction of sp³-hybridized carbons (Fsp3) is 0.857. The summed E-state index contributed by atoms with van der Waals surface area (Å²) in [6, 6.07) is 0. The van der Waals surface area contributed by atoms with Crippen LogP contribution >= 0.6 is 0 Å². The molecule has 0 spiro atoms. The third-order valence-corrected chi connectivity index (χ3v) is 2.89. The molecule has 0 aromatic rings. The third kappa shape index (κ3) is 9.03. The molecule has 1 aliphatic rings. The van der Waals surface area contributed by atoms with Crippen molar-refractivity contribution in [3.8, 4) is 11.8 Å². The molecular weight excluding hydrogens is 223 g/mol. The van der Waals surface area contributed by atoms with Crippen LogP contribution in [0.5, 0.6) is 0 Å². The molecule has 1 N–H and O–H groups in total. The van der Waals surface area contributed by atoms with Crippen LogP contribution in [0, 0.1) is 11.8 Å². The van der Waals surface area contributed by atoms with Gasteiger partial charge in [-0.05, 0) is 45.4 Å². The average Bonchev–Trinajstić information content (AvgIpc) is 2.35. The zero-order valence-electron chi connectivity index (χ0n) is 10.8. The summed E-state index contributed by atoms with van der Waals surface area (Å²) in [5.41, 5.74) is 0. The number of aliphatic hydroxyl groups is 1. The first kappa shape index (κ1) is 18.0. The Hall–Kier alpha value is 0.0374. The van der Waals surface area contributed by atoms with Crippen molar-refractivity contribution in [1.29, 1.82) is 0 Å². The first-order chi connectivity index (χ1) is 8.33. The SMILES string of the molecule is CC(CCCCC#CCO)OC1CCCCO1.[LiH]. The third-order valence-electron chi connectivity index (χ3n) is 2.89. The Bertz CT molecular complexity index is 241. The van der Waals surface area contributed by atoms with E-state index in [-0.39, 0.29) is 37.9 Å². The maximum absolute atomic E-state index is 8.49. The molecule has 2 atom stereocenters. The van der Waals surface area contributed by atoms with Crippen LogP contribution in [-0.2, 0) is 9.47 Å². The summed E-state index contributed by atoms with van der Waals surface area (Å²) < 4.78 is 11.4. The second-order valence-electron chi connectivity index (χ2n) is 4.50. The van der Waals surface area contributed by atoms with Gasteiger partial charge in [0.15, 0.2) is 6.29 Å². The number of rotatable bonds is 6. The van der Waals surface area contributed by atoms with E-state index in [1.165, 1.54) is 6.42 Å². The predicted octanol–water partition coefficient (Wildman–Crippen LogP) is 1.83. The summed E-state index contributed by atoms with van der Waals surface area (Å²) in [6.45, 7) is 2.92. The van der Waals surface area contributed by atoms with Crippen molar-refractivity contribution >= 4 is 18.9 Å². The van der Waals surface area contributed by atoms with E-state index >= 15 is 0 Å². The van der Waals surface area contributed by atoms with Crippen LogP contribution in [0.15, 0.2) is 0 Å². The summed E-state index contributed by atoms with van der Waals surface area (Å²) in [7, 11) is 0. The van der Waals surface area contributed by atoms with Crippen LogP contribution in [0.2, 0.25) is 0 Å². The van der Waals surface area contributed by atoms with Gasteiger partial charge in [0.25, 0.3) is 0 Å². The quantitative estimate of drug-likeness (QED) is 0.443. The number of hydrogen-bond donors (Lipinski definition) is 1. The molecule has 2 unspecified atom stereocenters. The van der Waals surface area contributed by atoms with Crippen molar-refractivity contribution in [2.24, 2.45) is 0 Å². The van der Waals surface area contributed by atoms with E-state index in [9.17, 15) is 0 Å². The molecule has 0 bridgehead atoms. The maximum atomic E-state index is 8.49. The molecule has 0 saturated carbocycles. The molecule has 0 aromatic heterocycles. The van der Waals surface area contributed by atoms with Gasteiger partial charge in [-0.2, -0.15) is 0 Å². The molecule has 1 fully saturated rings. The van der Waals surface area contributed by atoms with E-state index in [0.29, 0.717) is 0 Å². The molecule has 0 aromatic carbocycles. The molecular formula is C14H25LiO3. The summed E-state index contributed by atoms with van der Waals surface area (Å²) in [5, 5.41) is 8.49. The number of aliphatic hydroxyl groups excluding tert-OH is 1. The van der Waals surface area contributed by atoms with E-state index in [1.807, 2.05) is 0 Å². The standard InChI is InChI=1S/C14H24O3.Li.H/c1-13(9-5-3-2-4-7-11-15)17-14-10-6-8-12-16-14;;/h13-15H,2-3,5-6,8-12H2,1H3;;. The van der Waals surface area contributed by atoms with Crippen molar-refractivity contribution in [3.05, 3.63) is 0 Å². The van der Waals surface area contributed by atoms with E-state index in [1.54, 1.807) is 0 Å². The van der Waals surface area contributed by atoms with Gasteiger partial charge in [-0.1, -0.05) is 5.92 Å². The normalized spacial score (nSPS) is 20.4. The first-order valence-electron chi connectivity index (χ1n) is 6.66. The Labute approximate surface area is 123 Å². The Kier molecular flexibility index (Phi) is 12.1. The van der Waals surface area contributed by atoms with Crippen LogP contribution in [0.25, 0.3) is 0 Å². The Balaban J connectivity index is 0.00000289. The number of unbranched alkanes of at least 4 members (excludes halogenated alkanes) is 2. The molecule has 18 heavy (non-hydrogen) atoms. The van der Waals surface area contributed by atoms with Crippen molar-refractivity contribution < 1.29 is 14.6 Å². The van der Waals surface area contributed by atoms with Gasteiger partial charge >= 0.3 is 18.9 Å². The second kappa shape index (κ2) is 12.1. The van der Waals surface area contributed by atoms with Crippen LogP contribution in [-0.4, -0.2) is 49.6 Å². The first-order valence-corrected chi connectivity index (χ1v) is 6.66. The minimum absolute atomic E-state index is 0. The minimum atomic E-state index is -0.0292. The van der Waals surface area contributed by atoms with Crippen LogP contribution in [0.3, 0.4) is 0 Å². The van der Waals surface area contributed by atoms with E-state index in [4.69, 9.17) is 14.6 Å². The molecule has 3 nitrogen and oxygen atoms in total. The molecule has 100 valence electrons. The molecule has 0 radical (unpaired) electrons. The molecule has 1 aliphatic heterocycles. The molecule has 1 saturated heterocycles. The van der Waals surface area contributed by atoms with Gasteiger partial charge in [-0.3, -0.25) is 0 Å².